The summed E-state index contributed by atoms with van der Waals surface area (Å²) < 4.78 is 0. The van der Waals surface area contributed by atoms with Crippen LogP contribution in [-0.2, 0) is 0 Å². The second kappa shape index (κ2) is 6.28. The van der Waals surface area contributed by atoms with Gasteiger partial charge < -0.3 is 10.2 Å². The number of amides is 2. The van der Waals surface area contributed by atoms with Gasteiger partial charge in [-0.2, -0.15) is 0 Å². The first kappa shape index (κ1) is 13.6. The Morgan fingerprint density at radius 2 is 1.71 bits per heavy atom. The molecule has 0 saturated heterocycles. The Morgan fingerprint density at radius 3 is 2.12 bits per heavy atom. The first-order chi connectivity index (χ1) is 8.08. The molecule has 94 valence electrons. The molecule has 0 aromatic heterocycles. The monoisotopic (exact) mass is 234 g/mol. The highest BCUT2D eigenvalue weighted by atomic mass is 16.2. The standard InChI is InChI=1S/C14H22N2O/c1-5-16(6-2)14(17)15-13-9-7-12(8-10-13)11(3)4/h7-11H,5-6H2,1-4H3,(H,15,17). The number of carbonyl (C=O) groups excluding carboxylic acids is 1. The zero-order valence-electron chi connectivity index (χ0n) is 11.2. The lowest BCUT2D eigenvalue weighted by atomic mass is 10.0. The number of nitrogens with zero attached hydrogens (tertiary/aromatic N) is 1. The van der Waals surface area contributed by atoms with Crippen molar-refractivity contribution in [1.29, 1.82) is 0 Å². The summed E-state index contributed by atoms with van der Waals surface area (Å²) in [5.74, 6) is 0.516. The van der Waals surface area contributed by atoms with E-state index < -0.39 is 0 Å². The molecule has 1 N–H and O–H groups in total. The number of hydrogen-bond acceptors (Lipinski definition) is 1. The van der Waals surface area contributed by atoms with Gasteiger partial charge in [0.1, 0.15) is 0 Å². The fourth-order valence-corrected chi connectivity index (χ4v) is 1.66. The van der Waals surface area contributed by atoms with Gasteiger partial charge in [0.15, 0.2) is 0 Å². The van der Waals surface area contributed by atoms with E-state index in [9.17, 15) is 4.79 Å². The molecule has 3 heteroatoms. The number of benzene rings is 1. The summed E-state index contributed by atoms with van der Waals surface area (Å²) >= 11 is 0. The van der Waals surface area contributed by atoms with Crippen LogP contribution in [0, 0.1) is 0 Å². The molecule has 3 nitrogen and oxygen atoms in total. The molecular formula is C14H22N2O. The Hall–Kier alpha value is -1.51. The quantitative estimate of drug-likeness (QED) is 0.846. The van der Waals surface area contributed by atoms with E-state index in [1.54, 1.807) is 4.90 Å². The Balaban J connectivity index is 2.66. The molecule has 17 heavy (non-hydrogen) atoms. The van der Waals surface area contributed by atoms with E-state index in [2.05, 4.69) is 31.3 Å². The Labute approximate surface area is 104 Å². The molecule has 0 aliphatic carbocycles. The predicted molar refractivity (Wildman–Crippen MR) is 72.5 cm³/mol. The van der Waals surface area contributed by atoms with Gasteiger partial charge in [0.05, 0.1) is 0 Å². The third-order valence-electron chi connectivity index (χ3n) is 2.88. The molecule has 0 fully saturated rings. The van der Waals surface area contributed by atoms with E-state index >= 15 is 0 Å². The van der Waals surface area contributed by atoms with Crippen molar-refractivity contribution in [1.82, 2.24) is 4.90 Å². The number of nitrogens with one attached hydrogen (secondary N) is 1. The van der Waals surface area contributed by atoms with Crippen LogP contribution in [0.4, 0.5) is 10.5 Å². The maximum Gasteiger partial charge on any atom is 0.321 e. The van der Waals surface area contributed by atoms with Gasteiger partial charge in [-0.25, -0.2) is 4.79 Å². The number of carbonyl (C=O) groups is 1. The maximum absolute atomic E-state index is 11.8. The SMILES string of the molecule is CCN(CC)C(=O)Nc1ccc(C(C)C)cc1. The summed E-state index contributed by atoms with van der Waals surface area (Å²) in [6, 6.07) is 7.99. The highest BCUT2D eigenvalue weighted by Crippen LogP contribution is 2.17. The summed E-state index contributed by atoms with van der Waals surface area (Å²) in [4.78, 5) is 13.6. The van der Waals surface area contributed by atoms with Crippen molar-refractivity contribution >= 4 is 11.7 Å². The van der Waals surface area contributed by atoms with E-state index in [-0.39, 0.29) is 6.03 Å². The van der Waals surface area contributed by atoms with Gasteiger partial charge in [-0.05, 0) is 37.5 Å². The first-order valence-corrected chi connectivity index (χ1v) is 6.24. The lowest BCUT2D eigenvalue weighted by Crippen LogP contribution is -2.34. The number of urea groups is 1. The highest BCUT2D eigenvalue weighted by molar-refractivity contribution is 5.89. The topological polar surface area (TPSA) is 32.3 Å². The van der Waals surface area contributed by atoms with Crippen LogP contribution in [0.5, 0.6) is 0 Å². The Bertz CT molecular complexity index is 353. The summed E-state index contributed by atoms with van der Waals surface area (Å²) in [6.07, 6.45) is 0. The molecular weight excluding hydrogens is 212 g/mol. The summed E-state index contributed by atoms with van der Waals surface area (Å²) in [5.41, 5.74) is 2.14. The molecule has 0 unspecified atom stereocenters. The van der Waals surface area contributed by atoms with E-state index in [0.29, 0.717) is 5.92 Å². The predicted octanol–water partition coefficient (Wildman–Crippen LogP) is 3.68. The van der Waals surface area contributed by atoms with E-state index in [4.69, 9.17) is 0 Å². The Kier molecular flexibility index (Phi) is 5.01. The largest absolute Gasteiger partial charge is 0.325 e. The van der Waals surface area contributed by atoms with Crippen molar-refractivity contribution in [2.24, 2.45) is 0 Å². The van der Waals surface area contributed by atoms with Gasteiger partial charge in [0.2, 0.25) is 0 Å². The highest BCUT2D eigenvalue weighted by Gasteiger charge is 2.09. The zero-order chi connectivity index (χ0) is 12.8. The molecule has 0 spiro atoms. The van der Waals surface area contributed by atoms with Gasteiger partial charge in [0, 0.05) is 18.8 Å². The third kappa shape index (κ3) is 3.77. The van der Waals surface area contributed by atoms with Crippen LogP contribution in [0.3, 0.4) is 0 Å². The lowest BCUT2D eigenvalue weighted by Gasteiger charge is -2.19. The van der Waals surface area contributed by atoms with E-state index in [1.807, 2.05) is 26.0 Å². The molecule has 1 aromatic rings. The molecule has 0 saturated carbocycles. The minimum atomic E-state index is -0.0349. The average Bonchev–Trinajstić information content (AvgIpc) is 2.31. The van der Waals surface area contributed by atoms with Crippen molar-refractivity contribution in [3.63, 3.8) is 0 Å². The lowest BCUT2D eigenvalue weighted by molar-refractivity contribution is 0.217. The molecule has 1 aromatic carbocycles. The molecule has 0 aliphatic rings. The number of hydrogen-bond donors (Lipinski definition) is 1. The Morgan fingerprint density at radius 1 is 1.18 bits per heavy atom. The van der Waals surface area contributed by atoms with Gasteiger partial charge in [0.25, 0.3) is 0 Å². The van der Waals surface area contributed by atoms with Crippen molar-refractivity contribution in [2.45, 2.75) is 33.6 Å². The van der Waals surface area contributed by atoms with E-state index in [0.717, 1.165) is 18.8 Å². The van der Waals surface area contributed by atoms with Crippen molar-refractivity contribution < 1.29 is 4.79 Å². The number of rotatable bonds is 4. The summed E-state index contributed by atoms with van der Waals surface area (Å²) in [6.45, 7) is 9.72. The fraction of sp³-hybridized carbons (Fsp3) is 0.500. The maximum atomic E-state index is 11.8. The molecule has 1 rings (SSSR count). The molecule has 0 heterocycles. The average molecular weight is 234 g/mol. The summed E-state index contributed by atoms with van der Waals surface area (Å²) in [5, 5.41) is 2.90. The molecule has 2 amide bonds. The third-order valence-corrected chi connectivity index (χ3v) is 2.88. The second-order valence-electron chi connectivity index (χ2n) is 4.38. The number of anilines is 1. The molecule has 0 bridgehead atoms. The smallest absolute Gasteiger partial charge is 0.321 e. The van der Waals surface area contributed by atoms with Crippen LogP contribution in [-0.4, -0.2) is 24.0 Å². The first-order valence-electron chi connectivity index (χ1n) is 6.24. The van der Waals surface area contributed by atoms with Crippen LogP contribution in [0.15, 0.2) is 24.3 Å². The van der Waals surface area contributed by atoms with E-state index in [1.165, 1.54) is 5.56 Å². The van der Waals surface area contributed by atoms with Crippen molar-refractivity contribution in [3.05, 3.63) is 29.8 Å². The van der Waals surface area contributed by atoms with Crippen LogP contribution in [0.1, 0.15) is 39.2 Å². The molecule has 0 radical (unpaired) electrons. The van der Waals surface area contributed by atoms with Crippen molar-refractivity contribution in [3.8, 4) is 0 Å². The van der Waals surface area contributed by atoms with Crippen LogP contribution in [0.2, 0.25) is 0 Å². The fourth-order valence-electron chi connectivity index (χ4n) is 1.66. The zero-order valence-corrected chi connectivity index (χ0v) is 11.2. The molecule has 0 atom stereocenters. The van der Waals surface area contributed by atoms with Crippen molar-refractivity contribution in [2.75, 3.05) is 18.4 Å². The van der Waals surface area contributed by atoms with Gasteiger partial charge in [-0.15, -0.1) is 0 Å². The normalized spacial score (nSPS) is 10.4. The van der Waals surface area contributed by atoms with Crippen LogP contribution < -0.4 is 5.32 Å². The minimum Gasteiger partial charge on any atom is -0.325 e. The summed E-state index contributed by atoms with van der Waals surface area (Å²) in [7, 11) is 0. The van der Waals surface area contributed by atoms with Gasteiger partial charge in [-0.3, -0.25) is 0 Å². The molecule has 0 aliphatic heterocycles. The second-order valence-corrected chi connectivity index (χ2v) is 4.38. The minimum absolute atomic E-state index is 0.0349. The van der Waals surface area contributed by atoms with Crippen LogP contribution >= 0.6 is 0 Å². The van der Waals surface area contributed by atoms with Crippen LogP contribution in [0.25, 0.3) is 0 Å². The van der Waals surface area contributed by atoms with Gasteiger partial charge >= 0.3 is 6.03 Å². The van der Waals surface area contributed by atoms with Gasteiger partial charge in [-0.1, -0.05) is 26.0 Å².